The normalized spacial score (nSPS) is 10.1. The molecule has 0 amide bonds. The summed E-state index contributed by atoms with van der Waals surface area (Å²) < 4.78 is 18.3. The van der Waals surface area contributed by atoms with E-state index >= 15 is 0 Å². The zero-order valence-corrected chi connectivity index (χ0v) is 10.8. The lowest BCUT2D eigenvalue weighted by Crippen LogP contribution is -2.09. The van der Waals surface area contributed by atoms with Crippen LogP contribution in [0.3, 0.4) is 0 Å². The van der Waals surface area contributed by atoms with Crippen LogP contribution in [0.4, 0.5) is 15.8 Å². The minimum absolute atomic E-state index is 0.00283. The molecule has 21 heavy (non-hydrogen) atoms. The Kier molecular flexibility index (Phi) is 4.13. The van der Waals surface area contributed by atoms with Crippen molar-refractivity contribution in [2.24, 2.45) is 0 Å². The summed E-state index contributed by atoms with van der Waals surface area (Å²) in [7, 11) is 0. The number of carbonyl (C=O) groups is 1. The number of rotatable bonds is 4. The number of ether oxygens (including phenoxy) is 1. The number of hydrogen-bond donors (Lipinski definition) is 1. The van der Waals surface area contributed by atoms with Crippen molar-refractivity contribution < 1.29 is 18.8 Å². The first-order valence-corrected chi connectivity index (χ1v) is 5.93. The van der Waals surface area contributed by atoms with Gasteiger partial charge in [-0.15, -0.1) is 0 Å². The summed E-state index contributed by atoms with van der Waals surface area (Å²) in [5.74, 6) is -1.26. The van der Waals surface area contributed by atoms with Gasteiger partial charge < -0.3 is 10.5 Å². The lowest BCUT2D eigenvalue weighted by molar-refractivity contribution is -0.384. The van der Waals surface area contributed by atoms with Crippen molar-refractivity contribution in [2.75, 3.05) is 5.73 Å². The van der Waals surface area contributed by atoms with Gasteiger partial charge in [-0.1, -0.05) is 18.2 Å². The number of halogens is 1. The largest absolute Gasteiger partial charge is 0.457 e. The average Bonchev–Trinajstić information content (AvgIpc) is 2.46. The zero-order chi connectivity index (χ0) is 15.4. The minimum atomic E-state index is -0.773. The van der Waals surface area contributed by atoms with Crippen LogP contribution in [0.5, 0.6) is 0 Å². The van der Waals surface area contributed by atoms with E-state index in [1.165, 1.54) is 24.3 Å². The number of esters is 1. The molecule has 2 N–H and O–H groups in total. The summed E-state index contributed by atoms with van der Waals surface area (Å²) >= 11 is 0. The van der Waals surface area contributed by atoms with Gasteiger partial charge in [-0.25, -0.2) is 9.18 Å². The molecule has 0 saturated heterocycles. The number of nitro benzene ring substituents is 1. The fraction of sp³-hybridized carbons (Fsp3) is 0.0714. The Morgan fingerprint density at radius 3 is 2.62 bits per heavy atom. The number of nitrogens with two attached hydrogens (primary N) is 1. The third-order valence-corrected chi connectivity index (χ3v) is 2.78. The van der Waals surface area contributed by atoms with Gasteiger partial charge in [0.25, 0.3) is 5.69 Å². The van der Waals surface area contributed by atoms with Crippen LogP contribution in [0.15, 0.2) is 42.5 Å². The predicted molar refractivity (Wildman–Crippen MR) is 73.0 cm³/mol. The van der Waals surface area contributed by atoms with Gasteiger partial charge in [0.2, 0.25) is 0 Å². The number of nitrogen functional groups attached to an aromatic ring is 1. The predicted octanol–water partition coefficient (Wildman–Crippen LogP) is 2.67. The number of benzene rings is 2. The molecule has 7 heteroatoms. The molecule has 6 nitrogen and oxygen atoms in total. The summed E-state index contributed by atoms with van der Waals surface area (Å²) in [5, 5.41) is 10.6. The van der Waals surface area contributed by atoms with Crippen molar-refractivity contribution in [3.63, 3.8) is 0 Å². The molecule has 0 radical (unpaired) electrons. The number of carbonyl (C=O) groups excluding carboxylic acids is 1. The molecule has 2 aromatic rings. The maximum atomic E-state index is 13.4. The maximum Gasteiger partial charge on any atom is 0.340 e. The van der Waals surface area contributed by atoms with Crippen molar-refractivity contribution in [3.05, 3.63) is 69.5 Å². The number of nitro groups is 1. The van der Waals surface area contributed by atoms with Gasteiger partial charge in [-0.05, 0) is 12.1 Å². The minimum Gasteiger partial charge on any atom is -0.457 e. The molecule has 0 bridgehead atoms. The highest BCUT2D eigenvalue weighted by Gasteiger charge is 2.16. The third kappa shape index (κ3) is 3.33. The second-order valence-electron chi connectivity index (χ2n) is 4.20. The molecule has 0 aromatic heterocycles. The highest BCUT2D eigenvalue weighted by Crippen LogP contribution is 2.21. The van der Waals surface area contributed by atoms with Crippen LogP contribution < -0.4 is 5.73 Å². The molecule has 2 rings (SSSR count). The number of non-ortho nitro benzene ring substituents is 1. The summed E-state index contributed by atoms with van der Waals surface area (Å²) in [4.78, 5) is 21.8. The Morgan fingerprint density at radius 2 is 2.00 bits per heavy atom. The Labute approximate surface area is 119 Å². The van der Waals surface area contributed by atoms with E-state index in [-0.39, 0.29) is 29.1 Å². The fourth-order valence-electron chi connectivity index (χ4n) is 1.69. The van der Waals surface area contributed by atoms with E-state index < -0.39 is 16.7 Å². The quantitative estimate of drug-likeness (QED) is 0.404. The first kappa shape index (κ1) is 14.4. The smallest absolute Gasteiger partial charge is 0.340 e. The number of hydrogen-bond acceptors (Lipinski definition) is 5. The van der Waals surface area contributed by atoms with Gasteiger partial charge in [-0.3, -0.25) is 10.1 Å². The van der Waals surface area contributed by atoms with Crippen molar-refractivity contribution >= 4 is 17.3 Å². The van der Waals surface area contributed by atoms with Crippen LogP contribution in [0.2, 0.25) is 0 Å². The van der Waals surface area contributed by atoms with Gasteiger partial charge in [0.1, 0.15) is 12.4 Å². The third-order valence-electron chi connectivity index (χ3n) is 2.78. The van der Waals surface area contributed by atoms with Crippen LogP contribution in [0.1, 0.15) is 15.9 Å². The molecule has 0 saturated carbocycles. The Morgan fingerprint density at radius 1 is 1.29 bits per heavy atom. The first-order valence-electron chi connectivity index (χ1n) is 5.93. The van der Waals surface area contributed by atoms with E-state index in [0.717, 1.165) is 12.1 Å². The molecule has 0 aliphatic rings. The lowest BCUT2D eigenvalue weighted by atomic mass is 10.1. The van der Waals surface area contributed by atoms with Crippen LogP contribution >= 0.6 is 0 Å². The second kappa shape index (κ2) is 6.00. The summed E-state index contributed by atoms with van der Waals surface area (Å²) in [5.41, 5.74) is 5.51. The Hall–Kier alpha value is -2.96. The van der Waals surface area contributed by atoms with E-state index in [0.29, 0.717) is 0 Å². The van der Waals surface area contributed by atoms with Crippen molar-refractivity contribution in [2.45, 2.75) is 6.61 Å². The summed E-state index contributed by atoms with van der Waals surface area (Å²) in [6, 6.07) is 9.31. The zero-order valence-electron chi connectivity index (χ0n) is 10.8. The highest BCUT2D eigenvalue weighted by atomic mass is 19.1. The average molecular weight is 290 g/mol. The van der Waals surface area contributed by atoms with E-state index in [1.807, 2.05) is 0 Å². The van der Waals surface area contributed by atoms with Crippen LogP contribution in [0.25, 0.3) is 0 Å². The molecule has 2 aromatic carbocycles. The molecule has 0 fully saturated rings. The van der Waals surface area contributed by atoms with Crippen LogP contribution in [-0.4, -0.2) is 10.9 Å². The van der Waals surface area contributed by atoms with E-state index in [4.69, 9.17) is 10.5 Å². The summed E-state index contributed by atoms with van der Waals surface area (Å²) in [6.07, 6.45) is 0. The maximum absolute atomic E-state index is 13.4. The molecular weight excluding hydrogens is 279 g/mol. The second-order valence-corrected chi connectivity index (χ2v) is 4.20. The highest BCUT2D eigenvalue weighted by molar-refractivity contribution is 5.95. The Bertz CT molecular complexity index is 703. The van der Waals surface area contributed by atoms with E-state index in [9.17, 15) is 19.3 Å². The molecule has 0 aliphatic heterocycles. The monoisotopic (exact) mass is 290 g/mol. The number of anilines is 1. The van der Waals surface area contributed by atoms with Crippen molar-refractivity contribution in [1.82, 2.24) is 0 Å². The summed E-state index contributed by atoms with van der Waals surface area (Å²) in [6.45, 7) is -0.248. The fourth-order valence-corrected chi connectivity index (χ4v) is 1.69. The molecule has 108 valence electrons. The SMILES string of the molecule is Nc1cc([N+](=O)[O-])ccc1C(=O)OCc1ccccc1F. The van der Waals surface area contributed by atoms with Crippen molar-refractivity contribution in [3.8, 4) is 0 Å². The lowest BCUT2D eigenvalue weighted by Gasteiger charge is -2.07. The van der Waals surface area contributed by atoms with Gasteiger partial charge in [0.15, 0.2) is 0 Å². The molecular formula is C14H11FN2O4. The van der Waals surface area contributed by atoms with Gasteiger partial charge in [0.05, 0.1) is 16.2 Å². The molecule has 0 aliphatic carbocycles. The van der Waals surface area contributed by atoms with Crippen LogP contribution in [0, 0.1) is 15.9 Å². The first-order chi connectivity index (χ1) is 9.99. The van der Waals surface area contributed by atoms with Gasteiger partial charge >= 0.3 is 5.97 Å². The molecule has 0 heterocycles. The van der Waals surface area contributed by atoms with Gasteiger partial charge in [-0.2, -0.15) is 0 Å². The molecule has 0 spiro atoms. The number of nitrogens with zero attached hydrogens (tertiary/aromatic N) is 1. The topological polar surface area (TPSA) is 95.5 Å². The van der Waals surface area contributed by atoms with E-state index in [1.54, 1.807) is 6.07 Å². The van der Waals surface area contributed by atoms with Gasteiger partial charge in [0, 0.05) is 17.7 Å². The van der Waals surface area contributed by atoms with Crippen LogP contribution in [-0.2, 0) is 11.3 Å². The van der Waals surface area contributed by atoms with Crippen molar-refractivity contribution in [1.29, 1.82) is 0 Å². The van der Waals surface area contributed by atoms with E-state index in [2.05, 4.69) is 0 Å². The Balaban J connectivity index is 2.11. The molecule has 0 atom stereocenters. The standard InChI is InChI=1S/C14H11FN2O4/c15-12-4-2-1-3-9(12)8-21-14(18)11-6-5-10(17(19)20)7-13(11)16/h1-7H,8,16H2. The molecule has 0 unspecified atom stereocenters.